The number of carbonyl (C=O) groups is 1. The fourth-order valence-corrected chi connectivity index (χ4v) is 1.92. The van der Waals surface area contributed by atoms with Crippen LogP contribution in [0.3, 0.4) is 0 Å². The highest BCUT2D eigenvalue weighted by Crippen LogP contribution is 2.14. The van der Waals surface area contributed by atoms with Crippen molar-refractivity contribution in [3.05, 3.63) is 0 Å². The van der Waals surface area contributed by atoms with Crippen molar-refractivity contribution in [3.8, 4) is 0 Å². The van der Waals surface area contributed by atoms with Gasteiger partial charge in [0.25, 0.3) is 0 Å². The average Bonchev–Trinajstić information content (AvgIpc) is 2.63. The van der Waals surface area contributed by atoms with Gasteiger partial charge >= 0.3 is 6.09 Å². The van der Waals surface area contributed by atoms with Crippen molar-refractivity contribution >= 4 is 6.09 Å². The molecule has 0 radical (unpaired) electrons. The maximum Gasteiger partial charge on any atom is 0.410 e. The van der Waals surface area contributed by atoms with Gasteiger partial charge in [0.2, 0.25) is 0 Å². The van der Waals surface area contributed by atoms with Crippen molar-refractivity contribution in [1.29, 1.82) is 0 Å². The summed E-state index contributed by atoms with van der Waals surface area (Å²) in [7, 11) is 2.05. The van der Waals surface area contributed by atoms with Gasteiger partial charge in [-0.2, -0.15) is 0 Å². The molecule has 5 nitrogen and oxygen atoms in total. The average molecular weight is 216 g/mol. The molecule has 15 heavy (non-hydrogen) atoms. The summed E-state index contributed by atoms with van der Waals surface area (Å²) >= 11 is 0. The zero-order valence-electron chi connectivity index (χ0n) is 9.48. The highest BCUT2D eigenvalue weighted by Gasteiger charge is 2.28. The van der Waals surface area contributed by atoms with Crippen LogP contribution in [0.25, 0.3) is 0 Å². The van der Waals surface area contributed by atoms with Crippen LogP contribution in [0.2, 0.25) is 0 Å². The molecule has 0 spiro atoms. The van der Waals surface area contributed by atoms with Crippen LogP contribution in [0.15, 0.2) is 0 Å². The van der Waals surface area contributed by atoms with Crippen LogP contribution < -0.4 is 0 Å². The van der Waals surface area contributed by atoms with E-state index in [0.29, 0.717) is 6.54 Å². The maximum atomic E-state index is 11.6. The van der Waals surface area contributed by atoms with Crippen LogP contribution in [-0.2, 0) is 4.74 Å². The third-order valence-corrected chi connectivity index (χ3v) is 2.70. The van der Waals surface area contributed by atoms with Gasteiger partial charge in [-0.25, -0.2) is 4.79 Å². The first kappa shape index (κ1) is 12.3. The normalized spacial score (nSPS) is 21.7. The molecule has 1 unspecified atom stereocenters. The van der Waals surface area contributed by atoms with E-state index >= 15 is 0 Å². The second-order valence-corrected chi connectivity index (χ2v) is 3.83. The summed E-state index contributed by atoms with van der Waals surface area (Å²) < 4.78 is 4.91. The van der Waals surface area contributed by atoms with E-state index in [9.17, 15) is 4.79 Å². The summed E-state index contributed by atoms with van der Waals surface area (Å²) in [5.74, 6) is 0. The van der Waals surface area contributed by atoms with Gasteiger partial charge in [0.15, 0.2) is 0 Å². The molecular formula is C10H20N2O3. The summed E-state index contributed by atoms with van der Waals surface area (Å²) in [5.41, 5.74) is 0. The molecule has 1 fully saturated rings. The Hall–Kier alpha value is -0.810. The van der Waals surface area contributed by atoms with Gasteiger partial charge in [0.1, 0.15) is 6.61 Å². The van der Waals surface area contributed by atoms with Gasteiger partial charge in [0, 0.05) is 19.1 Å². The lowest BCUT2D eigenvalue weighted by molar-refractivity contribution is 0.0740. The Morgan fingerprint density at radius 1 is 1.67 bits per heavy atom. The number of hydrogen-bond donors (Lipinski definition) is 1. The Morgan fingerprint density at radius 3 is 2.87 bits per heavy atom. The second-order valence-electron chi connectivity index (χ2n) is 3.83. The van der Waals surface area contributed by atoms with E-state index in [4.69, 9.17) is 9.84 Å². The number of ether oxygens (including phenoxy) is 1. The van der Waals surface area contributed by atoms with Crippen molar-refractivity contribution < 1.29 is 14.6 Å². The predicted octanol–water partition coefficient (Wildman–Crippen LogP) is 0.141. The number of likely N-dealkylation sites (tertiary alicyclic amines) is 1. The van der Waals surface area contributed by atoms with E-state index in [1.807, 2.05) is 14.0 Å². The molecule has 0 bridgehead atoms. The summed E-state index contributed by atoms with van der Waals surface area (Å²) in [4.78, 5) is 15.5. The van der Waals surface area contributed by atoms with Crippen molar-refractivity contribution in [2.45, 2.75) is 19.4 Å². The molecule has 88 valence electrons. The molecule has 0 aromatic rings. The quantitative estimate of drug-likeness (QED) is 0.726. The molecular weight excluding hydrogens is 196 g/mol. The number of rotatable bonds is 4. The topological polar surface area (TPSA) is 53.0 Å². The van der Waals surface area contributed by atoms with Crippen molar-refractivity contribution in [2.24, 2.45) is 0 Å². The fourth-order valence-electron chi connectivity index (χ4n) is 1.92. The minimum atomic E-state index is -0.313. The molecule has 1 atom stereocenters. The van der Waals surface area contributed by atoms with E-state index in [1.54, 1.807) is 4.90 Å². The van der Waals surface area contributed by atoms with E-state index < -0.39 is 0 Å². The number of aliphatic hydroxyl groups excluding tert-OH is 1. The van der Waals surface area contributed by atoms with Gasteiger partial charge in [-0.1, -0.05) is 0 Å². The van der Waals surface area contributed by atoms with E-state index in [2.05, 4.69) is 4.90 Å². The van der Waals surface area contributed by atoms with Crippen molar-refractivity contribution in [2.75, 3.05) is 39.9 Å². The monoisotopic (exact) mass is 216 g/mol. The molecule has 1 heterocycles. The van der Waals surface area contributed by atoms with Crippen LogP contribution in [0.4, 0.5) is 4.79 Å². The Bertz CT molecular complexity index is 211. The Kier molecular flexibility index (Phi) is 4.84. The van der Waals surface area contributed by atoms with Crippen molar-refractivity contribution in [1.82, 2.24) is 9.80 Å². The zero-order valence-corrected chi connectivity index (χ0v) is 9.48. The van der Waals surface area contributed by atoms with E-state index in [0.717, 1.165) is 19.5 Å². The minimum Gasteiger partial charge on any atom is -0.447 e. The van der Waals surface area contributed by atoms with Crippen LogP contribution >= 0.6 is 0 Å². The first-order chi connectivity index (χ1) is 7.19. The third-order valence-electron chi connectivity index (χ3n) is 2.70. The molecule has 1 rings (SSSR count). The van der Waals surface area contributed by atoms with Crippen LogP contribution in [0.5, 0.6) is 0 Å². The number of carbonyl (C=O) groups excluding carboxylic acids is 1. The van der Waals surface area contributed by atoms with Crippen molar-refractivity contribution in [3.63, 3.8) is 0 Å². The summed E-state index contributed by atoms with van der Waals surface area (Å²) in [6.45, 7) is 4.49. The smallest absolute Gasteiger partial charge is 0.410 e. The summed E-state index contributed by atoms with van der Waals surface area (Å²) in [6.07, 6.45) is 0.685. The Morgan fingerprint density at radius 2 is 2.40 bits per heavy atom. The molecule has 1 aliphatic rings. The lowest BCUT2D eigenvalue weighted by atomic mass is 10.2. The van der Waals surface area contributed by atoms with E-state index in [1.165, 1.54) is 0 Å². The standard InChI is InChI=1S/C10H20N2O3/c1-3-12(10(14)15-7-6-13)9-4-5-11(2)8-9/h9,13H,3-8H2,1-2H3. The number of amides is 1. The first-order valence-electron chi connectivity index (χ1n) is 5.41. The SMILES string of the molecule is CCN(C(=O)OCCO)C1CCN(C)C1. The van der Waals surface area contributed by atoms with Crippen LogP contribution in [-0.4, -0.2) is 66.9 Å². The minimum absolute atomic E-state index is 0.0812. The van der Waals surface area contributed by atoms with Gasteiger partial charge in [-0.3, -0.25) is 0 Å². The molecule has 5 heteroatoms. The van der Waals surface area contributed by atoms with Crippen LogP contribution in [0.1, 0.15) is 13.3 Å². The second kappa shape index (κ2) is 5.92. The van der Waals surface area contributed by atoms with Gasteiger partial charge in [0.05, 0.1) is 6.61 Å². The molecule has 1 amide bonds. The zero-order chi connectivity index (χ0) is 11.3. The number of nitrogens with zero attached hydrogens (tertiary/aromatic N) is 2. The molecule has 0 saturated carbocycles. The lowest BCUT2D eigenvalue weighted by Crippen LogP contribution is -2.42. The van der Waals surface area contributed by atoms with Gasteiger partial charge in [-0.15, -0.1) is 0 Å². The number of aliphatic hydroxyl groups is 1. The Labute approximate surface area is 90.6 Å². The molecule has 0 aliphatic carbocycles. The predicted molar refractivity (Wildman–Crippen MR) is 56.7 cm³/mol. The number of likely N-dealkylation sites (N-methyl/N-ethyl adjacent to an activating group) is 2. The molecule has 1 N–H and O–H groups in total. The molecule has 1 aliphatic heterocycles. The van der Waals surface area contributed by atoms with Crippen LogP contribution in [0, 0.1) is 0 Å². The number of hydrogen-bond acceptors (Lipinski definition) is 4. The lowest BCUT2D eigenvalue weighted by Gasteiger charge is -2.26. The maximum absolute atomic E-state index is 11.6. The Balaban J connectivity index is 2.43. The molecule has 0 aromatic heterocycles. The fraction of sp³-hybridized carbons (Fsp3) is 0.900. The highest BCUT2D eigenvalue weighted by atomic mass is 16.6. The molecule has 0 aromatic carbocycles. The van der Waals surface area contributed by atoms with Gasteiger partial charge < -0.3 is 19.6 Å². The third kappa shape index (κ3) is 3.35. The largest absolute Gasteiger partial charge is 0.447 e. The summed E-state index contributed by atoms with van der Waals surface area (Å²) in [5, 5.41) is 8.57. The molecule has 1 saturated heterocycles. The first-order valence-corrected chi connectivity index (χ1v) is 5.41. The summed E-state index contributed by atoms with van der Waals surface area (Å²) in [6, 6.07) is 0.256. The highest BCUT2D eigenvalue weighted by molar-refractivity contribution is 5.68. The van der Waals surface area contributed by atoms with E-state index in [-0.39, 0.29) is 25.3 Å². The van der Waals surface area contributed by atoms with Gasteiger partial charge in [-0.05, 0) is 26.9 Å².